The van der Waals surface area contributed by atoms with E-state index >= 15 is 0 Å². The van der Waals surface area contributed by atoms with E-state index in [0.717, 1.165) is 66.4 Å². The molecule has 45 heavy (non-hydrogen) atoms. The zero-order valence-corrected chi connectivity index (χ0v) is 24.1. The van der Waals surface area contributed by atoms with Gasteiger partial charge in [-0.1, -0.05) is 109 Å². The van der Waals surface area contributed by atoms with Gasteiger partial charge in [-0.2, -0.15) is 0 Å². The number of nitrogens with zero attached hydrogens (tertiary/aromatic N) is 2. The van der Waals surface area contributed by atoms with Crippen molar-refractivity contribution in [3.63, 3.8) is 0 Å². The second-order valence-corrected chi connectivity index (χ2v) is 11.5. The van der Waals surface area contributed by atoms with E-state index in [2.05, 4.69) is 114 Å². The molecular formula is C41H24N2O2. The van der Waals surface area contributed by atoms with Gasteiger partial charge >= 0.3 is 0 Å². The molecule has 4 nitrogen and oxygen atoms in total. The van der Waals surface area contributed by atoms with Crippen molar-refractivity contribution in [1.82, 2.24) is 9.55 Å². The van der Waals surface area contributed by atoms with Crippen LogP contribution in [-0.2, 0) is 0 Å². The van der Waals surface area contributed by atoms with Crippen molar-refractivity contribution in [2.45, 2.75) is 0 Å². The molecule has 4 heteroatoms. The lowest BCUT2D eigenvalue weighted by atomic mass is 9.99. The summed E-state index contributed by atoms with van der Waals surface area (Å²) in [5.41, 5.74) is 10.8. The van der Waals surface area contributed by atoms with E-state index in [4.69, 9.17) is 13.8 Å². The fourth-order valence-corrected chi connectivity index (χ4v) is 6.98. The molecule has 6 aromatic carbocycles. The Hall–Kier alpha value is -6.13. The molecule has 0 aliphatic rings. The van der Waals surface area contributed by atoms with E-state index in [1.54, 1.807) is 0 Å². The van der Waals surface area contributed by atoms with Gasteiger partial charge in [0.15, 0.2) is 5.58 Å². The number of pyridine rings is 1. The second kappa shape index (κ2) is 9.18. The summed E-state index contributed by atoms with van der Waals surface area (Å²) < 4.78 is 15.1. The van der Waals surface area contributed by atoms with Crippen LogP contribution < -0.4 is 0 Å². The number of aromatic nitrogens is 2. The number of rotatable bonds is 3. The highest BCUT2D eigenvalue weighted by Gasteiger charge is 2.22. The lowest BCUT2D eigenvalue weighted by Crippen LogP contribution is -1.93. The van der Waals surface area contributed by atoms with Crippen LogP contribution in [0.25, 0.3) is 93.9 Å². The molecule has 0 atom stereocenters. The monoisotopic (exact) mass is 576 g/mol. The first kappa shape index (κ1) is 24.3. The number of hydrogen-bond donors (Lipinski definition) is 0. The van der Waals surface area contributed by atoms with Crippen LogP contribution in [0, 0.1) is 0 Å². The van der Waals surface area contributed by atoms with Crippen molar-refractivity contribution in [2.24, 2.45) is 0 Å². The maximum Gasteiger partial charge on any atom is 0.231 e. The normalized spacial score (nSPS) is 12.0. The van der Waals surface area contributed by atoms with E-state index in [1.165, 1.54) is 21.8 Å². The Morgan fingerprint density at radius 2 is 0.911 bits per heavy atom. The lowest BCUT2D eigenvalue weighted by Gasteiger charge is -2.10. The standard InChI is InChI=1S/C41H24N2O2/c1-5-13-33-29(9-1)30-10-2-6-14-34(30)43(33)28-23-21-26(22-24-28)25-17-19-27(20-18-25)39-37-31-11-3-7-15-35(31)44-40(37)38-32-12-4-8-16-36(32)45-41(38)42-39/h1-24H. The SMILES string of the molecule is c1ccc2c(c1)oc1c2c(-c2ccc(-c3ccc(-n4c5ccccc5c5ccccc54)cc3)cc2)nc2oc3ccccc3c21. The molecule has 0 radical (unpaired) electrons. The largest absolute Gasteiger partial charge is 0.455 e. The minimum Gasteiger partial charge on any atom is -0.455 e. The van der Waals surface area contributed by atoms with Crippen LogP contribution in [0.1, 0.15) is 0 Å². The smallest absolute Gasteiger partial charge is 0.231 e. The minimum atomic E-state index is 0.586. The van der Waals surface area contributed by atoms with Crippen LogP contribution in [0.15, 0.2) is 154 Å². The molecule has 0 fully saturated rings. The van der Waals surface area contributed by atoms with Crippen molar-refractivity contribution in [2.75, 3.05) is 0 Å². The highest BCUT2D eigenvalue weighted by molar-refractivity contribution is 6.24. The predicted octanol–water partition coefficient (Wildman–Crippen LogP) is 11.3. The molecule has 10 aromatic rings. The first-order chi connectivity index (χ1) is 22.3. The molecule has 0 bridgehead atoms. The number of furan rings is 2. The quantitative estimate of drug-likeness (QED) is 0.210. The summed E-state index contributed by atoms with van der Waals surface area (Å²) in [6.45, 7) is 0. The Balaban J connectivity index is 1.09. The van der Waals surface area contributed by atoms with E-state index in [1.807, 2.05) is 36.4 Å². The molecule has 4 heterocycles. The molecule has 4 aromatic heterocycles. The summed E-state index contributed by atoms with van der Waals surface area (Å²) in [7, 11) is 0. The van der Waals surface area contributed by atoms with Crippen LogP contribution in [0.3, 0.4) is 0 Å². The fraction of sp³-hybridized carbons (Fsp3) is 0. The summed E-state index contributed by atoms with van der Waals surface area (Å²) in [6.07, 6.45) is 0. The van der Waals surface area contributed by atoms with Crippen molar-refractivity contribution in [3.8, 4) is 28.1 Å². The van der Waals surface area contributed by atoms with Gasteiger partial charge in [-0.25, -0.2) is 4.98 Å². The van der Waals surface area contributed by atoms with E-state index in [9.17, 15) is 0 Å². The summed E-state index contributed by atoms with van der Waals surface area (Å²) in [6, 6.07) is 50.9. The molecular weight excluding hydrogens is 552 g/mol. The Morgan fingerprint density at radius 3 is 1.56 bits per heavy atom. The van der Waals surface area contributed by atoms with E-state index in [0.29, 0.717) is 5.71 Å². The number of para-hydroxylation sites is 4. The van der Waals surface area contributed by atoms with E-state index in [-0.39, 0.29) is 0 Å². The molecule has 210 valence electrons. The fourth-order valence-electron chi connectivity index (χ4n) is 6.98. The molecule has 0 saturated heterocycles. The van der Waals surface area contributed by atoms with Gasteiger partial charge in [-0.15, -0.1) is 0 Å². The van der Waals surface area contributed by atoms with E-state index < -0.39 is 0 Å². The number of hydrogen-bond acceptors (Lipinski definition) is 3. The molecule has 0 aliphatic carbocycles. The third kappa shape index (κ3) is 3.51. The average molecular weight is 577 g/mol. The van der Waals surface area contributed by atoms with Gasteiger partial charge in [0.1, 0.15) is 11.2 Å². The summed E-state index contributed by atoms with van der Waals surface area (Å²) >= 11 is 0. The third-order valence-electron chi connectivity index (χ3n) is 9.05. The molecule has 0 unspecified atom stereocenters. The van der Waals surface area contributed by atoms with Gasteiger partial charge < -0.3 is 13.4 Å². The van der Waals surface area contributed by atoms with Crippen molar-refractivity contribution < 1.29 is 8.83 Å². The van der Waals surface area contributed by atoms with Crippen LogP contribution in [-0.4, -0.2) is 9.55 Å². The maximum atomic E-state index is 6.48. The van der Waals surface area contributed by atoms with Gasteiger partial charge in [0.05, 0.1) is 27.5 Å². The van der Waals surface area contributed by atoms with Crippen molar-refractivity contribution >= 4 is 65.8 Å². The molecule has 0 aliphatic heterocycles. The molecule has 0 N–H and O–H groups in total. The number of benzene rings is 6. The Morgan fingerprint density at radius 1 is 0.422 bits per heavy atom. The summed E-state index contributed by atoms with van der Waals surface area (Å²) in [4.78, 5) is 5.10. The zero-order chi connectivity index (χ0) is 29.5. The van der Waals surface area contributed by atoms with Gasteiger partial charge in [-0.05, 0) is 47.5 Å². The first-order valence-corrected chi connectivity index (χ1v) is 15.1. The van der Waals surface area contributed by atoms with Gasteiger partial charge in [-0.3, -0.25) is 0 Å². The first-order valence-electron chi connectivity index (χ1n) is 15.1. The van der Waals surface area contributed by atoms with Crippen LogP contribution in [0.5, 0.6) is 0 Å². The Labute approximate surface area is 257 Å². The highest BCUT2D eigenvalue weighted by atomic mass is 16.4. The number of fused-ring (bicyclic) bond motifs is 10. The van der Waals surface area contributed by atoms with Crippen molar-refractivity contribution in [3.05, 3.63) is 146 Å². The third-order valence-corrected chi connectivity index (χ3v) is 9.05. The zero-order valence-electron chi connectivity index (χ0n) is 24.1. The second-order valence-electron chi connectivity index (χ2n) is 11.5. The minimum absolute atomic E-state index is 0.586. The summed E-state index contributed by atoms with van der Waals surface area (Å²) in [5, 5.41) is 6.51. The molecule has 0 saturated carbocycles. The Bertz CT molecular complexity index is 2690. The Kier molecular flexibility index (Phi) is 4.96. The maximum absolute atomic E-state index is 6.48. The van der Waals surface area contributed by atoms with Crippen LogP contribution >= 0.6 is 0 Å². The van der Waals surface area contributed by atoms with Gasteiger partial charge in [0.2, 0.25) is 5.71 Å². The topological polar surface area (TPSA) is 44.1 Å². The highest BCUT2D eigenvalue weighted by Crippen LogP contribution is 2.43. The van der Waals surface area contributed by atoms with Crippen molar-refractivity contribution in [1.29, 1.82) is 0 Å². The predicted molar refractivity (Wildman–Crippen MR) is 184 cm³/mol. The van der Waals surface area contributed by atoms with Crippen LogP contribution in [0.2, 0.25) is 0 Å². The summed E-state index contributed by atoms with van der Waals surface area (Å²) in [5.74, 6) is 0. The van der Waals surface area contributed by atoms with Gasteiger partial charge in [0.25, 0.3) is 0 Å². The van der Waals surface area contributed by atoms with Gasteiger partial charge in [0, 0.05) is 32.8 Å². The average Bonchev–Trinajstić information content (AvgIpc) is 3.78. The molecule has 0 spiro atoms. The molecule has 0 amide bonds. The molecule has 10 rings (SSSR count). The van der Waals surface area contributed by atoms with Crippen LogP contribution in [0.4, 0.5) is 0 Å². The lowest BCUT2D eigenvalue weighted by molar-refractivity contribution is 0.651.